The lowest BCUT2D eigenvalue weighted by Crippen LogP contribution is -2.01. The van der Waals surface area contributed by atoms with Crippen LogP contribution < -0.4 is 5.32 Å². The average Bonchev–Trinajstić information content (AvgIpc) is 2.83. The zero-order valence-corrected chi connectivity index (χ0v) is 12.1. The number of nitro benzene ring substituents is 1. The summed E-state index contributed by atoms with van der Waals surface area (Å²) in [4.78, 5) is 22.9. The van der Waals surface area contributed by atoms with Crippen LogP contribution in [0.2, 0.25) is 0 Å². The van der Waals surface area contributed by atoms with E-state index in [9.17, 15) is 14.9 Å². The van der Waals surface area contributed by atoms with Gasteiger partial charge in [-0.2, -0.15) is 0 Å². The molecular weight excluding hydrogens is 292 g/mol. The van der Waals surface area contributed by atoms with E-state index < -0.39 is 10.9 Å². The zero-order chi connectivity index (χ0) is 15.4. The largest absolute Gasteiger partial charge is 0.481 e. The van der Waals surface area contributed by atoms with Crippen LogP contribution in [0.5, 0.6) is 0 Å². The van der Waals surface area contributed by atoms with Crippen LogP contribution in [0.1, 0.15) is 15.3 Å². The second-order valence-corrected chi connectivity index (χ2v) is 5.82. The van der Waals surface area contributed by atoms with Crippen LogP contribution in [0, 0.1) is 17.0 Å². The molecule has 0 radical (unpaired) electrons. The predicted octanol–water partition coefficient (Wildman–Crippen LogP) is 3.20. The predicted molar refractivity (Wildman–Crippen MR) is 80.8 cm³/mol. The van der Waals surface area contributed by atoms with Gasteiger partial charge < -0.3 is 10.4 Å². The molecule has 0 aliphatic heterocycles. The summed E-state index contributed by atoms with van der Waals surface area (Å²) in [5.74, 6) is -0.870. The van der Waals surface area contributed by atoms with Gasteiger partial charge in [0.15, 0.2) is 0 Å². The molecule has 7 heteroatoms. The van der Waals surface area contributed by atoms with E-state index >= 15 is 0 Å². The first-order chi connectivity index (χ1) is 9.95. The number of thiophene rings is 1. The summed E-state index contributed by atoms with van der Waals surface area (Å²) < 4.78 is 0. The number of rotatable bonds is 6. The minimum absolute atomic E-state index is 0.00462. The minimum Gasteiger partial charge on any atom is -0.481 e. The molecule has 1 aromatic carbocycles. The van der Waals surface area contributed by atoms with Crippen molar-refractivity contribution in [2.75, 3.05) is 5.32 Å². The molecule has 1 aromatic heterocycles. The van der Waals surface area contributed by atoms with E-state index in [0.717, 1.165) is 15.3 Å². The summed E-state index contributed by atoms with van der Waals surface area (Å²) in [5.41, 5.74) is 1.32. The number of nitro groups is 1. The number of hydrogen-bond acceptors (Lipinski definition) is 5. The highest BCUT2D eigenvalue weighted by atomic mass is 32.1. The number of benzene rings is 1. The summed E-state index contributed by atoms with van der Waals surface area (Å²) in [7, 11) is 0. The molecule has 2 aromatic rings. The lowest BCUT2D eigenvalue weighted by molar-refractivity contribution is -0.384. The lowest BCUT2D eigenvalue weighted by atomic mass is 10.2. The van der Waals surface area contributed by atoms with E-state index in [0.29, 0.717) is 12.2 Å². The second kappa shape index (κ2) is 6.36. The van der Waals surface area contributed by atoms with Gasteiger partial charge in [0, 0.05) is 22.4 Å². The van der Waals surface area contributed by atoms with Crippen molar-refractivity contribution in [3.05, 3.63) is 55.8 Å². The smallest absolute Gasteiger partial charge is 0.308 e. The fourth-order valence-electron chi connectivity index (χ4n) is 1.89. The van der Waals surface area contributed by atoms with Crippen LogP contribution in [0.4, 0.5) is 11.4 Å². The number of carbonyl (C=O) groups is 1. The van der Waals surface area contributed by atoms with Gasteiger partial charge in [-0.25, -0.2) is 0 Å². The molecule has 21 heavy (non-hydrogen) atoms. The standard InChI is InChI=1S/C14H14N2O4S/c1-9-2-5-12(13(6-9)16(19)20)15-8-11-4-3-10(21-11)7-14(17)18/h2-6,15H,7-8H2,1H3,(H,17,18). The van der Waals surface area contributed by atoms with Crippen molar-refractivity contribution in [2.45, 2.75) is 19.9 Å². The Morgan fingerprint density at radius 2 is 2.05 bits per heavy atom. The summed E-state index contributed by atoms with van der Waals surface area (Å²) in [6.07, 6.45) is -0.00462. The first-order valence-electron chi connectivity index (χ1n) is 6.24. The first-order valence-corrected chi connectivity index (χ1v) is 7.05. The summed E-state index contributed by atoms with van der Waals surface area (Å²) in [6, 6.07) is 8.60. The number of anilines is 1. The van der Waals surface area contributed by atoms with Gasteiger partial charge in [-0.15, -0.1) is 11.3 Å². The van der Waals surface area contributed by atoms with Crippen molar-refractivity contribution in [3.63, 3.8) is 0 Å². The molecule has 0 aliphatic carbocycles. The molecule has 0 amide bonds. The molecule has 0 unspecified atom stereocenters. The molecule has 0 saturated heterocycles. The van der Waals surface area contributed by atoms with E-state index in [1.165, 1.54) is 17.4 Å². The SMILES string of the molecule is Cc1ccc(NCc2ccc(CC(=O)O)s2)c([N+](=O)[O-])c1. The normalized spacial score (nSPS) is 10.3. The van der Waals surface area contributed by atoms with E-state index in [4.69, 9.17) is 5.11 Å². The summed E-state index contributed by atoms with van der Waals surface area (Å²) in [6.45, 7) is 2.22. The number of aryl methyl sites for hydroxylation is 1. The van der Waals surface area contributed by atoms with Crippen molar-refractivity contribution < 1.29 is 14.8 Å². The highest BCUT2D eigenvalue weighted by Crippen LogP contribution is 2.26. The zero-order valence-electron chi connectivity index (χ0n) is 11.3. The molecule has 0 saturated carbocycles. The number of aliphatic carboxylic acids is 1. The molecule has 0 bridgehead atoms. The van der Waals surface area contributed by atoms with Crippen molar-refractivity contribution >= 4 is 28.7 Å². The van der Waals surface area contributed by atoms with Crippen molar-refractivity contribution in [2.24, 2.45) is 0 Å². The van der Waals surface area contributed by atoms with Crippen molar-refractivity contribution in [1.82, 2.24) is 0 Å². The topological polar surface area (TPSA) is 92.5 Å². The van der Waals surface area contributed by atoms with Crippen LogP contribution in [-0.2, 0) is 17.8 Å². The molecule has 0 fully saturated rings. The van der Waals surface area contributed by atoms with Gasteiger partial charge in [0.05, 0.1) is 11.3 Å². The Bertz CT molecular complexity index is 681. The third kappa shape index (κ3) is 4.03. The van der Waals surface area contributed by atoms with E-state index in [2.05, 4.69) is 5.32 Å². The van der Waals surface area contributed by atoms with E-state index in [-0.39, 0.29) is 12.1 Å². The van der Waals surface area contributed by atoms with Crippen LogP contribution >= 0.6 is 11.3 Å². The molecule has 0 atom stereocenters. The van der Waals surface area contributed by atoms with Gasteiger partial charge in [-0.1, -0.05) is 6.07 Å². The Labute approximate surface area is 125 Å². The maximum atomic E-state index is 11.0. The molecule has 6 nitrogen and oxygen atoms in total. The van der Waals surface area contributed by atoms with Gasteiger partial charge in [-0.3, -0.25) is 14.9 Å². The first kappa shape index (κ1) is 15.0. The monoisotopic (exact) mass is 306 g/mol. The second-order valence-electron chi connectivity index (χ2n) is 4.57. The Morgan fingerprint density at radius 1 is 1.33 bits per heavy atom. The van der Waals surface area contributed by atoms with Gasteiger partial charge >= 0.3 is 5.97 Å². The Hall–Kier alpha value is -2.41. The van der Waals surface area contributed by atoms with Gasteiger partial charge in [0.25, 0.3) is 5.69 Å². The molecule has 2 rings (SSSR count). The maximum Gasteiger partial charge on any atom is 0.308 e. The Kier molecular flexibility index (Phi) is 4.54. The minimum atomic E-state index is -0.870. The highest BCUT2D eigenvalue weighted by molar-refractivity contribution is 7.12. The number of hydrogen-bond donors (Lipinski definition) is 2. The number of carboxylic acid groups (broad SMARTS) is 1. The van der Waals surface area contributed by atoms with Gasteiger partial charge in [0.1, 0.15) is 5.69 Å². The fourth-order valence-corrected chi connectivity index (χ4v) is 2.83. The molecule has 1 heterocycles. The number of carboxylic acids is 1. The van der Waals surface area contributed by atoms with Crippen LogP contribution in [0.15, 0.2) is 30.3 Å². The molecule has 110 valence electrons. The van der Waals surface area contributed by atoms with Crippen molar-refractivity contribution in [3.8, 4) is 0 Å². The third-order valence-corrected chi connectivity index (χ3v) is 3.93. The van der Waals surface area contributed by atoms with Crippen LogP contribution in [0.25, 0.3) is 0 Å². The third-order valence-electron chi connectivity index (χ3n) is 2.85. The van der Waals surface area contributed by atoms with E-state index in [1.807, 2.05) is 6.07 Å². The molecular formula is C14H14N2O4S. The quantitative estimate of drug-likeness (QED) is 0.631. The van der Waals surface area contributed by atoms with Gasteiger partial charge in [0.2, 0.25) is 0 Å². The summed E-state index contributed by atoms with van der Waals surface area (Å²) >= 11 is 1.38. The molecule has 0 spiro atoms. The van der Waals surface area contributed by atoms with E-state index in [1.54, 1.807) is 25.1 Å². The maximum absolute atomic E-state index is 11.0. The summed E-state index contributed by atoms with van der Waals surface area (Å²) in [5, 5.41) is 22.8. The molecule has 2 N–H and O–H groups in total. The van der Waals surface area contributed by atoms with Crippen LogP contribution in [0.3, 0.4) is 0 Å². The lowest BCUT2D eigenvalue weighted by Gasteiger charge is -2.06. The average molecular weight is 306 g/mol. The van der Waals surface area contributed by atoms with Crippen molar-refractivity contribution in [1.29, 1.82) is 0 Å². The van der Waals surface area contributed by atoms with Crippen LogP contribution in [-0.4, -0.2) is 16.0 Å². The fraction of sp³-hybridized carbons (Fsp3) is 0.214. The van der Waals surface area contributed by atoms with Gasteiger partial charge in [-0.05, 0) is 30.7 Å². The number of nitrogens with zero attached hydrogens (tertiary/aromatic N) is 1. The molecule has 0 aliphatic rings. The highest BCUT2D eigenvalue weighted by Gasteiger charge is 2.13. The Balaban J connectivity index is 2.08. The number of nitrogens with one attached hydrogen (secondary N) is 1. The Morgan fingerprint density at radius 3 is 2.71 bits per heavy atom.